The van der Waals surface area contributed by atoms with Crippen molar-refractivity contribution in [2.45, 2.75) is 18.7 Å². The Bertz CT molecular complexity index is 830. The molecule has 5 nitrogen and oxygen atoms in total. The first kappa shape index (κ1) is 15.4. The van der Waals surface area contributed by atoms with Crippen LogP contribution in [-0.4, -0.2) is 21.0 Å². The molecule has 0 saturated heterocycles. The lowest BCUT2D eigenvalue weighted by Crippen LogP contribution is -2.13. The molecule has 0 aliphatic carbocycles. The zero-order chi connectivity index (χ0) is 16.2. The fourth-order valence-electron chi connectivity index (χ4n) is 2.34. The lowest BCUT2D eigenvalue weighted by Gasteiger charge is -2.09. The van der Waals surface area contributed by atoms with E-state index >= 15 is 0 Å². The second-order valence-corrected chi connectivity index (χ2v) is 6.04. The van der Waals surface area contributed by atoms with Gasteiger partial charge in [0.25, 0.3) is 0 Å². The van der Waals surface area contributed by atoms with Crippen LogP contribution in [0.3, 0.4) is 0 Å². The van der Waals surface area contributed by atoms with Gasteiger partial charge in [0.1, 0.15) is 17.9 Å². The number of carbonyl (C=O) groups excluding carboxylic acids is 1. The smallest absolute Gasteiger partial charge is 0.227 e. The third-order valence-corrected chi connectivity index (χ3v) is 4.32. The van der Waals surface area contributed by atoms with E-state index in [1.54, 1.807) is 0 Å². The summed E-state index contributed by atoms with van der Waals surface area (Å²) in [6, 6.07) is 13.8. The van der Waals surface area contributed by atoms with E-state index in [0.717, 1.165) is 27.7 Å². The summed E-state index contributed by atoms with van der Waals surface area (Å²) in [6.07, 6.45) is 1.91. The number of thioether (sulfide) groups is 1. The first-order chi connectivity index (χ1) is 11.1. The number of hydrogen-bond donors (Lipinski definition) is 1. The van der Waals surface area contributed by atoms with Crippen molar-refractivity contribution in [3.63, 3.8) is 0 Å². The van der Waals surface area contributed by atoms with E-state index in [4.69, 9.17) is 10.5 Å². The van der Waals surface area contributed by atoms with Crippen LogP contribution >= 0.6 is 11.8 Å². The molecule has 0 atom stereocenters. The average molecular weight is 327 g/mol. The van der Waals surface area contributed by atoms with Crippen molar-refractivity contribution in [2.75, 3.05) is 5.75 Å². The number of primary amides is 1. The van der Waals surface area contributed by atoms with Gasteiger partial charge in [0.05, 0.1) is 11.4 Å². The molecule has 0 spiro atoms. The highest BCUT2D eigenvalue weighted by atomic mass is 32.2. The van der Waals surface area contributed by atoms with Gasteiger partial charge in [0.15, 0.2) is 5.16 Å². The number of pyridine rings is 1. The summed E-state index contributed by atoms with van der Waals surface area (Å²) in [5.74, 6) is 0.612. The van der Waals surface area contributed by atoms with Gasteiger partial charge in [-0.15, -0.1) is 0 Å². The van der Waals surface area contributed by atoms with Crippen molar-refractivity contribution >= 4 is 23.2 Å². The highest BCUT2D eigenvalue weighted by Gasteiger charge is 2.13. The fraction of sp³-hybridized carbons (Fsp3) is 0.176. The largest absolute Gasteiger partial charge is 0.487 e. The predicted octanol–water partition coefficient (Wildman–Crippen LogP) is 2.80. The maximum Gasteiger partial charge on any atom is 0.227 e. The molecule has 23 heavy (non-hydrogen) atoms. The lowest BCUT2D eigenvalue weighted by atomic mass is 10.2. The molecule has 0 radical (unpaired) electrons. The zero-order valence-electron chi connectivity index (χ0n) is 12.7. The number of amides is 1. The molecule has 2 heterocycles. The van der Waals surface area contributed by atoms with Gasteiger partial charge in [-0.1, -0.05) is 42.1 Å². The van der Waals surface area contributed by atoms with Crippen LogP contribution in [0.4, 0.5) is 0 Å². The zero-order valence-corrected chi connectivity index (χ0v) is 13.5. The summed E-state index contributed by atoms with van der Waals surface area (Å²) in [7, 11) is 0. The number of aryl methyl sites for hydroxylation is 1. The van der Waals surface area contributed by atoms with Crippen molar-refractivity contribution in [2.24, 2.45) is 5.73 Å². The van der Waals surface area contributed by atoms with E-state index in [2.05, 4.69) is 4.98 Å². The molecule has 0 fully saturated rings. The van der Waals surface area contributed by atoms with Crippen molar-refractivity contribution < 1.29 is 9.53 Å². The third kappa shape index (κ3) is 3.48. The number of imidazole rings is 1. The SMILES string of the molecule is Cc1nc(SCC(N)=O)n2cccc(OCc3ccccc3)c12. The van der Waals surface area contributed by atoms with Gasteiger partial charge in [-0.05, 0) is 24.6 Å². The Balaban J connectivity index is 1.87. The number of hydrogen-bond acceptors (Lipinski definition) is 4. The van der Waals surface area contributed by atoms with Gasteiger partial charge in [0.2, 0.25) is 5.91 Å². The first-order valence-electron chi connectivity index (χ1n) is 7.20. The van der Waals surface area contributed by atoms with Crippen LogP contribution in [0.15, 0.2) is 53.8 Å². The van der Waals surface area contributed by atoms with Gasteiger partial charge in [0, 0.05) is 6.20 Å². The van der Waals surface area contributed by atoms with Gasteiger partial charge >= 0.3 is 0 Å². The van der Waals surface area contributed by atoms with E-state index in [1.165, 1.54) is 11.8 Å². The van der Waals surface area contributed by atoms with E-state index in [1.807, 2.05) is 60.0 Å². The second kappa shape index (κ2) is 6.75. The van der Waals surface area contributed by atoms with E-state index < -0.39 is 0 Å². The summed E-state index contributed by atoms with van der Waals surface area (Å²) in [5.41, 5.74) is 8.09. The summed E-state index contributed by atoms with van der Waals surface area (Å²) in [5, 5.41) is 0.737. The van der Waals surface area contributed by atoms with Gasteiger partial charge in [-0.2, -0.15) is 0 Å². The molecule has 0 aliphatic heterocycles. The molecule has 118 valence electrons. The number of nitrogens with zero attached hydrogens (tertiary/aromatic N) is 2. The summed E-state index contributed by atoms with van der Waals surface area (Å²) < 4.78 is 7.90. The number of benzene rings is 1. The summed E-state index contributed by atoms with van der Waals surface area (Å²) in [4.78, 5) is 15.5. The molecule has 3 rings (SSSR count). The van der Waals surface area contributed by atoms with E-state index in [-0.39, 0.29) is 11.7 Å². The molecule has 0 aliphatic rings. The van der Waals surface area contributed by atoms with Crippen LogP contribution in [0.2, 0.25) is 0 Å². The van der Waals surface area contributed by atoms with E-state index in [0.29, 0.717) is 6.61 Å². The minimum Gasteiger partial charge on any atom is -0.487 e. The molecule has 0 bridgehead atoms. The quantitative estimate of drug-likeness (QED) is 0.707. The number of ether oxygens (including phenoxy) is 1. The summed E-state index contributed by atoms with van der Waals surface area (Å²) >= 11 is 1.32. The van der Waals surface area contributed by atoms with Crippen LogP contribution < -0.4 is 10.5 Å². The highest BCUT2D eigenvalue weighted by molar-refractivity contribution is 7.99. The molecule has 3 aromatic rings. The normalized spacial score (nSPS) is 10.8. The third-order valence-electron chi connectivity index (χ3n) is 3.35. The monoisotopic (exact) mass is 327 g/mol. The maximum atomic E-state index is 11.0. The minimum absolute atomic E-state index is 0.202. The Morgan fingerprint density at radius 3 is 2.78 bits per heavy atom. The van der Waals surface area contributed by atoms with Gasteiger partial charge in [-0.3, -0.25) is 9.20 Å². The Kier molecular flexibility index (Phi) is 4.52. The van der Waals surface area contributed by atoms with Crippen molar-refractivity contribution in [3.05, 3.63) is 59.9 Å². The number of fused-ring (bicyclic) bond motifs is 1. The molecule has 6 heteroatoms. The number of nitrogens with two attached hydrogens (primary N) is 1. The molecule has 1 aromatic carbocycles. The van der Waals surface area contributed by atoms with Crippen LogP contribution in [0.25, 0.3) is 5.52 Å². The Morgan fingerprint density at radius 1 is 1.26 bits per heavy atom. The number of rotatable bonds is 6. The van der Waals surface area contributed by atoms with Gasteiger partial charge < -0.3 is 10.5 Å². The number of carbonyl (C=O) groups is 1. The predicted molar refractivity (Wildman–Crippen MR) is 90.6 cm³/mol. The van der Waals surface area contributed by atoms with Crippen molar-refractivity contribution in [3.8, 4) is 5.75 Å². The minimum atomic E-state index is -0.360. The molecular formula is C17H17N3O2S. The van der Waals surface area contributed by atoms with Crippen molar-refractivity contribution in [1.29, 1.82) is 0 Å². The molecule has 2 N–H and O–H groups in total. The Hall–Kier alpha value is -2.47. The molecule has 1 amide bonds. The topological polar surface area (TPSA) is 69.6 Å². The maximum absolute atomic E-state index is 11.0. The van der Waals surface area contributed by atoms with Crippen LogP contribution in [0.5, 0.6) is 5.75 Å². The molecule has 2 aromatic heterocycles. The molecular weight excluding hydrogens is 310 g/mol. The van der Waals surface area contributed by atoms with Crippen molar-refractivity contribution in [1.82, 2.24) is 9.38 Å². The van der Waals surface area contributed by atoms with Crippen LogP contribution in [0.1, 0.15) is 11.3 Å². The summed E-state index contributed by atoms with van der Waals surface area (Å²) in [6.45, 7) is 2.42. The second-order valence-electron chi connectivity index (χ2n) is 5.10. The average Bonchev–Trinajstić information content (AvgIpc) is 2.89. The molecule has 0 unspecified atom stereocenters. The van der Waals surface area contributed by atoms with Crippen LogP contribution in [0, 0.1) is 6.92 Å². The standard InChI is InChI=1S/C17H17N3O2S/c1-12-16-14(22-10-13-6-3-2-4-7-13)8-5-9-20(16)17(19-12)23-11-15(18)21/h2-9H,10-11H2,1H3,(H2,18,21). The lowest BCUT2D eigenvalue weighted by molar-refractivity contribution is -0.115. The molecule has 0 saturated carbocycles. The number of aromatic nitrogens is 2. The fourth-order valence-corrected chi connectivity index (χ4v) is 3.10. The Labute approximate surface area is 138 Å². The van der Waals surface area contributed by atoms with E-state index in [9.17, 15) is 4.79 Å². The Morgan fingerprint density at radius 2 is 2.04 bits per heavy atom. The van der Waals surface area contributed by atoms with Gasteiger partial charge in [-0.25, -0.2) is 4.98 Å². The first-order valence-corrected chi connectivity index (χ1v) is 8.19. The highest BCUT2D eigenvalue weighted by Crippen LogP contribution is 2.28. The van der Waals surface area contributed by atoms with Crippen LogP contribution in [-0.2, 0) is 11.4 Å².